The van der Waals surface area contributed by atoms with Crippen molar-refractivity contribution in [1.82, 2.24) is 10.2 Å². The van der Waals surface area contributed by atoms with Gasteiger partial charge in [0.05, 0.1) is 0 Å². The van der Waals surface area contributed by atoms with Crippen molar-refractivity contribution in [3.8, 4) is 0 Å². The average molecular weight is 260 g/mol. The van der Waals surface area contributed by atoms with E-state index in [1.807, 2.05) is 7.05 Å². The summed E-state index contributed by atoms with van der Waals surface area (Å²) >= 11 is 0. The molecule has 0 saturated heterocycles. The molecule has 106 valence electrons. The van der Waals surface area contributed by atoms with Crippen molar-refractivity contribution in [2.24, 2.45) is 5.92 Å². The number of hydrogen-bond donors (Lipinski definition) is 1. The van der Waals surface area contributed by atoms with Gasteiger partial charge in [0.1, 0.15) is 0 Å². The molecule has 0 amide bonds. The molecule has 0 unspecified atom stereocenters. The molecule has 0 bridgehead atoms. The summed E-state index contributed by atoms with van der Waals surface area (Å²) in [5.41, 5.74) is 2.82. The molecule has 1 saturated carbocycles. The molecule has 0 heterocycles. The lowest BCUT2D eigenvalue weighted by Crippen LogP contribution is -2.27. The summed E-state index contributed by atoms with van der Waals surface area (Å²) in [7, 11) is 1.99. The second-order valence-corrected chi connectivity index (χ2v) is 6.23. The molecule has 0 aliphatic heterocycles. The zero-order valence-electron chi connectivity index (χ0n) is 12.7. The van der Waals surface area contributed by atoms with Crippen molar-refractivity contribution in [3.63, 3.8) is 0 Å². The lowest BCUT2D eigenvalue weighted by atomic mass is 10.1. The van der Waals surface area contributed by atoms with Gasteiger partial charge in [-0.25, -0.2) is 0 Å². The van der Waals surface area contributed by atoms with Crippen molar-refractivity contribution in [2.45, 2.75) is 52.2 Å². The van der Waals surface area contributed by atoms with Gasteiger partial charge >= 0.3 is 0 Å². The zero-order valence-corrected chi connectivity index (χ0v) is 12.7. The van der Waals surface area contributed by atoms with Crippen LogP contribution >= 0.6 is 0 Å². The van der Waals surface area contributed by atoms with E-state index in [1.165, 1.54) is 36.9 Å². The lowest BCUT2D eigenvalue weighted by molar-refractivity contribution is 0.239. The molecular weight excluding hydrogens is 232 g/mol. The van der Waals surface area contributed by atoms with Gasteiger partial charge in [0.2, 0.25) is 0 Å². The Morgan fingerprint density at radius 1 is 1.16 bits per heavy atom. The fourth-order valence-electron chi connectivity index (χ4n) is 2.46. The van der Waals surface area contributed by atoms with E-state index in [9.17, 15) is 0 Å². The van der Waals surface area contributed by atoms with E-state index in [4.69, 9.17) is 0 Å². The van der Waals surface area contributed by atoms with Crippen molar-refractivity contribution in [1.29, 1.82) is 0 Å². The van der Waals surface area contributed by atoms with Crippen LogP contribution in [-0.2, 0) is 13.1 Å². The van der Waals surface area contributed by atoms with Crippen LogP contribution in [0.2, 0.25) is 0 Å². The molecule has 0 radical (unpaired) electrons. The third-order valence-electron chi connectivity index (χ3n) is 3.85. The maximum Gasteiger partial charge on any atom is 0.0236 e. The van der Waals surface area contributed by atoms with Gasteiger partial charge in [-0.3, -0.25) is 4.90 Å². The first-order valence-corrected chi connectivity index (χ1v) is 7.65. The number of benzene rings is 1. The quantitative estimate of drug-likeness (QED) is 0.770. The van der Waals surface area contributed by atoms with Gasteiger partial charge in [-0.05, 0) is 49.9 Å². The maximum atomic E-state index is 3.19. The number of nitrogens with one attached hydrogen (secondary N) is 1. The average Bonchev–Trinajstić information content (AvgIpc) is 3.21. The van der Waals surface area contributed by atoms with Crippen LogP contribution in [0.25, 0.3) is 0 Å². The van der Waals surface area contributed by atoms with Gasteiger partial charge in [-0.2, -0.15) is 0 Å². The first-order valence-electron chi connectivity index (χ1n) is 7.65. The molecule has 1 aromatic carbocycles. The zero-order chi connectivity index (χ0) is 13.7. The van der Waals surface area contributed by atoms with E-state index in [0.717, 1.165) is 25.0 Å². The van der Waals surface area contributed by atoms with E-state index < -0.39 is 0 Å². The van der Waals surface area contributed by atoms with Crippen LogP contribution in [0.1, 0.15) is 44.2 Å². The Hall–Kier alpha value is -0.860. The number of hydrogen-bond acceptors (Lipinski definition) is 2. The van der Waals surface area contributed by atoms with Gasteiger partial charge in [0, 0.05) is 19.1 Å². The summed E-state index contributed by atoms with van der Waals surface area (Å²) in [4.78, 5) is 2.67. The highest BCUT2D eigenvalue weighted by Gasteiger charge is 2.28. The van der Waals surface area contributed by atoms with Crippen LogP contribution in [0.3, 0.4) is 0 Å². The standard InChI is InChI=1S/C17H28N2/c1-14(2)10-11-19(17-8-9-17)13-16-6-4-15(5-7-16)12-18-3/h4-7,14,17-18H,8-13H2,1-3H3. The van der Waals surface area contributed by atoms with E-state index in [-0.39, 0.29) is 0 Å². The minimum Gasteiger partial charge on any atom is -0.316 e. The molecule has 1 aromatic rings. The minimum absolute atomic E-state index is 0.805. The smallest absolute Gasteiger partial charge is 0.0236 e. The Morgan fingerprint density at radius 3 is 2.32 bits per heavy atom. The fraction of sp³-hybridized carbons (Fsp3) is 0.647. The summed E-state index contributed by atoms with van der Waals surface area (Å²) in [6, 6.07) is 9.93. The first kappa shape index (κ1) is 14.5. The molecule has 1 aliphatic rings. The second kappa shape index (κ2) is 7.06. The molecule has 2 heteroatoms. The third-order valence-corrected chi connectivity index (χ3v) is 3.85. The second-order valence-electron chi connectivity index (χ2n) is 6.23. The Bertz CT molecular complexity index is 365. The van der Waals surface area contributed by atoms with E-state index in [1.54, 1.807) is 0 Å². The molecule has 2 rings (SSSR count). The summed E-state index contributed by atoms with van der Waals surface area (Å²) in [5.74, 6) is 0.805. The highest BCUT2D eigenvalue weighted by atomic mass is 15.2. The number of rotatable bonds is 8. The van der Waals surface area contributed by atoms with Crippen molar-refractivity contribution in [3.05, 3.63) is 35.4 Å². The topological polar surface area (TPSA) is 15.3 Å². The highest BCUT2D eigenvalue weighted by molar-refractivity contribution is 5.22. The molecule has 19 heavy (non-hydrogen) atoms. The van der Waals surface area contributed by atoms with Crippen LogP contribution in [0.4, 0.5) is 0 Å². The van der Waals surface area contributed by atoms with Crippen LogP contribution in [0, 0.1) is 5.92 Å². The molecule has 1 aliphatic carbocycles. The van der Waals surface area contributed by atoms with Gasteiger partial charge in [-0.15, -0.1) is 0 Å². The molecule has 2 nitrogen and oxygen atoms in total. The van der Waals surface area contributed by atoms with Crippen LogP contribution in [0.15, 0.2) is 24.3 Å². The van der Waals surface area contributed by atoms with Gasteiger partial charge in [-0.1, -0.05) is 38.1 Å². The van der Waals surface area contributed by atoms with Crippen LogP contribution < -0.4 is 5.32 Å². The fourth-order valence-corrected chi connectivity index (χ4v) is 2.46. The van der Waals surface area contributed by atoms with Gasteiger partial charge < -0.3 is 5.32 Å². The molecule has 1 N–H and O–H groups in total. The Kier molecular flexibility index (Phi) is 5.41. The monoisotopic (exact) mass is 260 g/mol. The van der Waals surface area contributed by atoms with E-state index in [0.29, 0.717) is 0 Å². The van der Waals surface area contributed by atoms with Crippen molar-refractivity contribution in [2.75, 3.05) is 13.6 Å². The normalized spacial score (nSPS) is 15.4. The van der Waals surface area contributed by atoms with Gasteiger partial charge in [0.25, 0.3) is 0 Å². The first-order chi connectivity index (χ1) is 9.19. The van der Waals surface area contributed by atoms with Crippen molar-refractivity contribution >= 4 is 0 Å². The Morgan fingerprint density at radius 2 is 1.79 bits per heavy atom. The van der Waals surface area contributed by atoms with E-state index >= 15 is 0 Å². The SMILES string of the molecule is CNCc1ccc(CN(CCC(C)C)C2CC2)cc1. The molecule has 0 aromatic heterocycles. The largest absolute Gasteiger partial charge is 0.316 e. The lowest BCUT2D eigenvalue weighted by Gasteiger charge is -2.23. The van der Waals surface area contributed by atoms with Crippen LogP contribution in [0.5, 0.6) is 0 Å². The van der Waals surface area contributed by atoms with Gasteiger partial charge in [0.15, 0.2) is 0 Å². The predicted molar refractivity (Wildman–Crippen MR) is 82.1 cm³/mol. The molecule has 0 atom stereocenters. The van der Waals surface area contributed by atoms with Crippen molar-refractivity contribution < 1.29 is 0 Å². The summed E-state index contributed by atoms with van der Waals surface area (Å²) < 4.78 is 0. The van der Waals surface area contributed by atoms with Crippen LogP contribution in [-0.4, -0.2) is 24.5 Å². The minimum atomic E-state index is 0.805. The Balaban J connectivity index is 1.89. The van der Waals surface area contributed by atoms with E-state index in [2.05, 4.69) is 48.3 Å². The molecule has 0 spiro atoms. The third kappa shape index (κ3) is 4.96. The highest BCUT2D eigenvalue weighted by Crippen LogP contribution is 2.28. The Labute approximate surface area is 118 Å². The number of nitrogens with zero attached hydrogens (tertiary/aromatic N) is 1. The molecular formula is C17H28N2. The maximum absolute atomic E-state index is 3.19. The molecule has 1 fully saturated rings. The summed E-state index contributed by atoms with van der Waals surface area (Å²) in [6.45, 7) is 7.97. The predicted octanol–water partition coefficient (Wildman–Crippen LogP) is 3.42. The summed E-state index contributed by atoms with van der Waals surface area (Å²) in [5, 5.41) is 3.19. The summed E-state index contributed by atoms with van der Waals surface area (Å²) in [6.07, 6.45) is 4.11.